The van der Waals surface area contributed by atoms with Gasteiger partial charge < -0.3 is 9.42 Å². The number of hydrogen-bond acceptors (Lipinski definition) is 3. The summed E-state index contributed by atoms with van der Waals surface area (Å²) in [6.45, 7) is 0. The van der Waals surface area contributed by atoms with Gasteiger partial charge in [-0.15, -0.1) is 0 Å². The van der Waals surface area contributed by atoms with Crippen molar-refractivity contribution in [3.05, 3.63) is 36.5 Å². The van der Waals surface area contributed by atoms with Crippen molar-refractivity contribution >= 4 is 29.9 Å². The SMILES string of the molecule is OP(Cl)Oc1cccc2ncccc12. The second-order valence-corrected chi connectivity index (χ2v) is 4.15. The zero-order valence-electron chi connectivity index (χ0n) is 7.09. The number of aromatic nitrogens is 1. The van der Waals surface area contributed by atoms with Gasteiger partial charge in [0.25, 0.3) is 0 Å². The van der Waals surface area contributed by atoms with Gasteiger partial charge in [0.1, 0.15) is 5.75 Å². The Bertz CT molecular complexity index is 444. The number of halogens is 1. The normalized spacial score (nSPS) is 12.7. The molecule has 14 heavy (non-hydrogen) atoms. The van der Waals surface area contributed by atoms with Gasteiger partial charge in [0.15, 0.2) is 0 Å². The molecule has 2 aromatic rings. The van der Waals surface area contributed by atoms with Crippen molar-refractivity contribution in [2.75, 3.05) is 0 Å². The van der Waals surface area contributed by atoms with Gasteiger partial charge in [0.2, 0.25) is 0 Å². The highest BCUT2D eigenvalue weighted by Crippen LogP contribution is 2.40. The van der Waals surface area contributed by atoms with Gasteiger partial charge in [0.05, 0.1) is 5.52 Å². The minimum atomic E-state index is -1.91. The van der Waals surface area contributed by atoms with Crippen molar-refractivity contribution in [3.8, 4) is 5.75 Å². The smallest absolute Gasteiger partial charge is 0.335 e. The Morgan fingerprint density at radius 1 is 1.29 bits per heavy atom. The molecule has 0 bridgehead atoms. The third-order valence-electron chi connectivity index (χ3n) is 1.78. The predicted molar refractivity (Wildman–Crippen MR) is 57.4 cm³/mol. The third-order valence-corrected chi connectivity index (χ3v) is 2.33. The minimum Gasteiger partial charge on any atom is -0.435 e. The van der Waals surface area contributed by atoms with Gasteiger partial charge in [-0.05, 0) is 35.5 Å². The molecule has 1 aromatic carbocycles. The monoisotopic (exact) mass is 227 g/mol. The topological polar surface area (TPSA) is 42.4 Å². The van der Waals surface area contributed by atoms with Crippen LogP contribution >= 0.6 is 19.0 Å². The largest absolute Gasteiger partial charge is 0.435 e. The maximum absolute atomic E-state index is 8.95. The van der Waals surface area contributed by atoms with Crippen molar-refractivity contribution in [3.63, 3.8) is 0 Å². The van der Waals surface area contributed by atoms with Crippen molar-refractivity contribution in [1.29, 1.82) is 0 Å². The third kappa shape index (κ3) is 1.95. The number of benzene rings is 1. The Labute approximate surface area is 87.0 Å². The van der Waals surface area contributed by atoms with Gasteiger partial charge >= 0.3 is 7.73 Å². The van der Waals surface area contributed by atoms with E-state index in [0.717, 1.165) is 10.9 Å². The van der Waals surface area contributed by atoms with Gasteiger partial charge in [-0.3, -0.25) is 4.98 Å². The molecule has 72 valence electrons. The van der Waals surface area contributed by atoms with Crippen molar-refractivity contribution in [2.45, 2.75) is 0 Å². The zero-order chi connectivity index (χ0) is 9.97. The Morgan fingerprint density at radius 2 is 2.14 bits per heavy atom. The lowest BCUT2D eigenvalue weighted by Crippen LogP contribution is -1.84. The van der Waals surface area contributed by atoms with Gasteiger partial charge in [-0.2, -0.15) is 0 Å². The molecule has 1 atom stereocenters. The number of fused-ring (bicyclic) bond motifs is 1. The Kier molecular flexibility index (Phi) is 2.82. The number of hydrogen-bond donors (Lipinski definition) is 1. The Balaban J connectivity index is 2.53. The van der Waals surface area contributed by atoms with E-state index in [-0.39, 0.29) is 0 Å². The van der Waals surface area contributed by atoms with E-state index in [1.165, 1.54) is 0 Å². The summed E-state index contributed by atoms with van der Waals surface area (Å²) in [5.74, 6) is 0.555. The molecule has 1 unspecified atom stereocenters. The van der Waals surface area contributed by atoms with Crippen LogP contribution in [0.25, 0.3) is 10.9 Å². The summed E-state index contributed by atoms with van der Waals surface area (Å²) in [5, 5.41) is 0.845. The Hall–Kier alpha value is -0.890. The summed E-state index contributed by atoms with van der Waals surface area (Å²) in [4.78, 5) is 13.1. The quantitative estimate of drug-likeness (QED) is 0.802. The first-order valence-corrected chi connectivity index (χ1v) is 6.05. The first kappa shape index (κ1) is 9.66. The molecule has 3 nitrogen and oxygen atoms in total. The number of pyridine rings is 1. The summed E-state index contributed by atoms with van der Waals surface area (Å²) >= 11 is 5.39. The molecular formula is C9H7ClNO2P. The summed E-state index contributed by atoms with van der Waals surface area (Å²) in [6, 6.07) is 9.10. The molecule has 0 amide bonds. The fraction of sp³-hybridized carbons (Fsp3) is 0. The minimum absolute atomic E-state index is 0.555. The lowest BCUT2D eigenvalue weighted by molar-refractivity contribution is 0.509. The van der Waals surface area contributed by atoms with Crippen molar-refractivity contribution in [1.82, 2.24) is 4.98 Å². The highest BCUT2D eigenvalue weighted by molar-refractivity contribution is 7.75. The van der Waals surface area contributed by atoms with E-state index in [2.05, 4.69) is 4.98 Å². The average Bonchev–Trinajstić information content (AvgIpc) is 2.18. The van der Waals surface area contributed by atoms with E-state index >= 15 is 0 Å². The highest BCUT2D eigenvalue weighted by Gasteiger charge is 2.06. The molecule has 0 radical (unpaired) electrons. The maximum Gasteiger partial charge on any atom is 0.335 e. The molecule has 0 saturated heterocycles. The molecule has 0 aliphatic carbocycles. The van der Waals surface area contributed by atoms with E-state index < -0.39 is 7.73 Å². The lowest BCUT2D eigenvalue weighted by Gasteiger charge is -2.07. The van der Waals surface area contributed by atoms with Crippen LogP contribution in [0.3, 0.4) is 0 Å². The van der Waals surface area contributed by atoms with Crippen molar-refractivity contribution in [2.24, 2.45) is 0 Å². The van der Waals surface area contributed by atoms with E-state index in [9.17, 15) is 0 Å². The van der Waals surface area contributed by atoms with Crippen LogP contribution in [0.15, 0.2) is 36.5 Å². The molecule has 1 aromatic heterocycles. The fourth-order valence-corrected chi connectivity index (χ4v) is 1.78. The van der Waals surface area contributed by atoms with E-state index in [1.54, 1.807) is 18.3 Å². The molecule has 5 heteroatoms. The number of nitrogens with zero attached hydrogens (tertiary/aromatic N) is 1. The molecule has 0 aliphatic rings. The first-order chi connectivity index (χ1) is 6.77. The standard InChI is InChI=1S/C9H7ClNO2P/c10-14(12)13-9-5-1-4-8-7(9)3-2-6-11-8/h1-6,12H. The van der Waals surface area contributed by atoms with Crippen LogP contribution in [0.4, 0.5) is 0 Å². The van der Waals surface area contributed by atoms with Crippen LogP contribution in [0.2, 0.25) is 0 Å². The molecule has 0 spiro atoms. The first-order valence-electron chi connectivity index (χ1n) is 3.94. The van der Waals surface area contributed by atoms with E-state index in [0.29, 0.717) is 5.75 Å². The Morgan fingerprint density at radius 3 is 2.93 bits per heavy atom. The van der Waals surface area contributed by atoms with Crippen LogP contribution in [-0.4, -0.2) is 9.88 Å². The molecular weight excluding hydrogens is 221 g/mol. The van der Waals surface area contributed by atoms with E-state index in [4.69, 9.17) is 20.7 Å². The van der Waals surface area contributed by atoms with Gasteiger partial charge in [-0.25, -0.2) is 0 Å². The lowest BCUT2D eigenvalue weighted by atomic mass is 10.2. The van der Waals surface area contributed by atoms with Crippen LogP contribution < -0.4 is 4.52 Å². The highest BCUT2D eigenvalue weighted by atomic mass is 35.7. The summed E-state index contributed by atoms with van der Waals surface area (Å²) in [7, 11) is -1.91. The van der Waals surface area contributed by atoms with Crippen LogP contribution in [-0.2, 0) is 0 Å². The fourth-order valence-electron chi connectivity index (χ4n) is 1.24. The molecule has 0 aliphatic heterocycles. The second-order valence-electron chi connectivity index (χ2n) is 2.64. The molecule has 0 fully saturated rings. The van der Waals surface area contributed by atoms with Crippen LogP contribution in [0, 0.1) is 0 Å². The zero-order valence-corrected chi connectivity index (χ0v) is 8.74. The average molecular weight is 228 g/mol. The van der Waals surface area contributed by atoms with Gasteiger partial charge in [0, 0.05) is 11.6 Å². The molecule has 1 N–H and O–H groups in total. The van der Waals surface area contributed by atoms with Crippen LogP contribution in [0.5, 0.6) is 5.75 Å². The summed E-state index contributed by atoms with van der Waals surface area (Å²) < 4.78 is 5.07. The molecule has 1 heterocycles. The second kappa shape index (κ2) is 4.09. The predicted octanol–water partition coefficient (Wildman–Crippen LogP) is 3.07. The van der Waals surface area contributed by atoms with E-state index in [1.807, 2.05) is 18.2 Å². The molecule has 0 saturated carbocycles. The van der Waals surface area contributed by atoms with Crippen molar-refractivity contribution < 1.29 is 9.42 Å². The summed E-state index contributed by atoms with van der Waals surface area (Å²) in [5.41, 5.74) is 0.818. The van der Waals surface area contributed by atoms with Gasteiger partial charge in [-0.1, -0.05) is 6.07 Å². The summed E-state index contributed by atoms with van der Waals surface area (Å²) in [6.07, 6.45) is 1.70. The van der Waals surface area contributed by atoms with Crippen LogP contribution in [0.1, 0.15) is 0 Å². The molecule has 2 rings (SSSR count). The number of rotatable bonds is 2. The maximum atomic E-state index is 8.95.